The molecular weight excluding hydrogens is 396 g/mol. The molecule has 1 saturated carbocycles. The Kier molecular flexibility index (Phi) is 5.20. The fourth-order valence-corrected chi connectivity index (χ4v) is 4.35. The Morgan fingerprint density at radius 3 is 2.59 bits per heavy atom. The number of pyridine rings is 2. The van der Waals surface area contributed by atoms with Gasteiger partial charge in [0.25, 0.3) is 5.56 Å². The van der Waals surface area contributed by atoms with Crippen LogP contribution in [-0.2, 0) is 6.54 Å². The quantitative estimate of drug-likeness (QED) is 0.455. The first-order chi connectivity index (χ1) is 15.7. The standard InChI is InChI=1S/C27H24N4O/c1-18(24-9-5-6-14-29-24)30-21-12-13-22-25(15-21)31(17-19-7-3-2-4-8-19)27(32)23(16-28)26(22)20-10-11-20/h2-9,12-15,18,20,30H,10-11,17H2,1H3. The molecule has 4 aromatic rings. The molecule has 1 unspecified atom stereocenters. The number of nitriles is 1. The molecule has 0 radical (unpaired) electrons. The Balaban J connectivity index is 1.65. The van der Waals surface area contributed by atoms with E-state index in [1.807, 2.05) is 60.7 Å². The zero-order chi connectivity index (χ0) is 22.1. The van der Waals surface area contributed by atoms with Gasteiger partial charge >= 0.3 is 0 Å². The summed E-state index contributed by atoms with van der Waals surface area (Å²) >= 11 is 0. The van der Waals surface area contributed by atoms with E-state index >= 15 is 0 Å². The number of benzene rings is 2. The highest BCUT2D eigenvalue weighted by Crippen LogP contribution is 2.44. The SMILES string of the molecule is CC(Nc1ccc2c(C3CC3)c(C#N)c(=O)n(Cc3ccccc3)c2c1)c1ccccn1. The average molecular weight is 421 g/mol. The van der Waals surface area contributed by atoms with Crippen molar-refractivity contribution < 1.29 is 0 Å². The summed E-state index contributed by atoms with van der Waals surface area (Å²) in [7, 11) is 0. The second-order valence-electron chi connectivity index (χ2n) is 8.40. The van der Waals surface area contributed by atoms with E-state index in [2.05, 4.69) is 29.4 Å². The summed E-state index contributed by atoms with van der Waals surface area (Å²) in [5.41, 5.74) is 4.76. The van der Waals surface area contributed by atoms with Crippen LogP contribution >= 0.6 is 0 Å². The van der Waals surface area contributed by atoms with Gasteiger partial charge in [-0.1, -0.05) is 42.5 Å². The molecule has 1 N–H and O–H groups in total. The van der Waals surface area contributed by atoms with Crippen LogP contribution in [0.5, 0.6) is 0 Å². The van der Waals surface area contributed by atoms with Crippen molar-refractivity contribution in [3.8, 4) is 6.07 Å². The predicted octanol–water partition coefficient (Wildman–Crippen LogP) is 5.37. The van der Waals surface area contributed by atoms with Crippen molar-refractivity contribution in [3.05, 3.63) is 106 Å². The Bertz CT molecular complexity index is 1370. The average Bonchev–Trinajstić information content (AvgIpc) is 3.67. The molecule has 5 rings (SSSR count). The highest BCUT2D eigenvalue weighted by atomic mass is 16.1. The van der Waals surface area contributed by atoms with E-state index in [9.17, 15) is 10.1 Å². The first-order valence-electron chi connectivity index (χ1n) is 11.0. The van der Waals surface area contributed by atoms with Gasteiger partial charge < -0.3 is 9.88 Å². The smallest absolute Gasteiger partial charge is 0.269 e. The molecule has 1 aliphatic carbocycles. The van der Waals surface area contributed by atoms with E-state index in [4.69, 9.17) is 0 Å². The molecule has 0 saturated heterocycles. The van der Waals surface area contributed by atoms with Gasteiger partial charge in [0.05, 0.1) is 23.8 Å². The van der Waals surface area contributed by atoms with E-state index in [0.29, 0.717) is 18.0 Å². The van der Waals surface area contributed by atoms with Gasteiger partial charge in [-0.3, -0.25) is 9.78 Å². The lowest BCUT2D eigenvalue weighted by atomic mass is 9.98. The number of nitrogens with zero attached hydrogens (tertiary/aromatic N) is 3. The summed E-state index contributed by atoms with van der Waals surface area (Å²) in [6.07, 6.45) is 3.85. The first kappa shape index (κ1) is 20.0. The van der Waals surface area contributed by atoms with E-state index in [1.165, 1.54) is 0 Å². The van der Waals surface area contributed by atoms with E-state index < -0.39 is 0 Å². The molecule has 0 spiro atoms. The molecule has 0 aliphatic heterocycles. The molecule has 0 amide bonds. The fraction of sp³-hybridized carbons (Fsp3) is 0.222. The van der Waals surface area contributed by atoms with Gasteiger partial charge in [0.1, 0.15) is 11.6 Å². The van der Waals surface area contributed by atoms with Crippen LogP contribution in [0, 0.1) is 11.3 Å². The lowest BCUT2D eigenvalue weighted by Crippen LogP contribution is -2.25. The molecule has 1 atom stereocenters. The fourth-order valence-electron chi connectivity index (χ4n) is 4.35. The van der Waals surface area contributed by atoms with Crippen LogP contribution in [-0.4, -0.2) is 9.55 Å². The van der Waals surface area contributed by atoms with Crippen molar-refractivity contribution >= 4 is 16.6 Å². The topological polar surface area (TPSA) is 70.7 Å². The molecule has 158 valence electrons. The highest BCUT2D eigenvalue weighted by molar-refractivity contribution is 5.88. The van der Waals surface area contributed by atoms with Gasteiger partial charge in [-0.25, -0.2) is 0 Å². The van der Waals surface area contributed by atoms with Gasteiger partial charge in [-0.2, -0.15) is 5.26 Å². The molecular formula is C27H24N4O. The number of rotatable bonds is 6. The molecule has 32 heavy (non-hydrogen) atoms. The monoisotopic (exact) mass is 420 g/mol. The van der Waals surface area contributed by atoms with Crippen molar-refractivity contribution in [2.24, 2.45) is 0 Å². The first-order valence-corrected chi connectivity index (χ1v) is 11.0. The van der Waals surface area contributed by atoms with E-state index in [-0.39, 0.29) is 11.6 Å². The number of anilines is 1. The van der Waals surface area contributed by atoms with Crippen LogP contribution in [0.3, 0.4) is 0 Å². The van der Waals surface area contributed by atoms with Gasteiger partial charge in [0.2, 0.25) is 0 Å². The van der Waals surface area contributed by atoms with Crippen LogP contribution in [0.2, 0.25) is 0 Å². The molecule has 2 aromatic carbocycles. The van der Waals surface area contributed by atoms with Crippen LogP contribution in [0.1, 0.15) is 54.1 Å². The summed E-state index contributed by atoms with van der Waals surface area (Å²) < 4.78 is 1.74. The third-order valence-corrected chi connectivity index (χ3v) is 6.10. The molecule has 2 heterocycles. The van der Waals surface area contributed by atoms with Crippen LogP contribution in [0.25, 0.3) is 10.9 Å². The molecule has 5 heteroatoms. The summed E-state index contributed by atoms with van der Waals surface area (Å²) in [5, 5.41) is 14.3. The van der Waals surface area contributed by atoms with Crippen LogP contribution in [0.15, 0.2) is 77.7 Å². The van der Waals surface area contributed by atoms with Crippen molar-refractivity contribution in [3.63, 3.8) is 0 Å². The maximum atomic E-state index is 13.4. The van der Waals surface area contributed by atoms with E-state index in [1.54, 1.807) is 10.8 Å². The Hall–Kier alpha value is -3.91. The van der Waals surface area contributed by atoms with Crippen LogP contribution in [0.4, 0.5) is 5.69 Å². The molecule has 1 aliphatic rings. The number of hydrogen-bond donors (Lipinski definition) is 1. The summed E-state index contributed by atoms with van der Waals surface area (Å²) in [6.45, 7) is 2.49. The number of aromatic nitrogens is 2. The second-order valence-corrected chi connectivity index (χ2v) is 8.40. The van der Waals surface area contributed by atoms with Crippen molar-refractivity contribution in [1.82, 2.24) is 9.55 Å². The number of nitrogens with one attached hydrogen (secondary N) is 1. The Labute approximate surface area is 187 Å². The summed E-state index contributed by atoms with van der Waals surface area (Å²) in [6, 6.07) is 24.1. The van der Waals surface area contributed by atoms with Gasteiger partial charge in [-0.15, -0.1) is 0 Å². The van der Waals surface area contributed by atoms with Crippen LogP contribution < -0.4 is 10.9 Å². The van der Waals surface area contributed by atoms with Crippen molar-refractivity contribution in [1.29, 1.82) is 5.26 Å². The predicted molar refractivity (Wildman–Crippen MR) is 127 cm³/mol. The molecule has 1 fully saturated rings. The Morgan fingerprint density at radius 2 is 1.91 bits per heavy atom. The minimum Gasteiger partial charge on any atom is -0.377 e. The maximum Gasteiger partial charge on any atom is 0.269 e. The molecule has 0 bridgehead atoms. The van der Waals surface area contributed by atoms with Crippen molar-refractivity contribution in [2.45, 2.75) is 38.3 Å². The third kappa shape index (κ3) is 3.76. The minimum absolute atomic E-state index is 0.0178. The second kappa shape index (κ2) is 8.32. The number of hydrogen-bond acceptors (Lipinski definition) is 4. The third-order valence-electron chi connectivity index (χ3n) is 6.10. The largest absolute Gasteiger partial charge is 0.377 e. The minimum atomic E-state index is -0.208. The lowest BCUT2D eigenvalue weighted by molar-refractivity contribution is 0.786. The van der Waals surface area contributed by atoms with E-state index in [0.717, 1.165) is 46.3 Å². The molecule has 2 aromatic heterocycles. The Morgan fingerprint density at radius 1 is 1.12 bits per heavy atom. The van der Waals surface area contributed by atoms with Crippen molar-refractivity contribution in [2.75, 3.05) is 5.32 Å². The summed E-state index contributed by atoms with van der Waals surface area (Å²) in [4.78, 5) is 17.9. The van der Waals surface area contributed by atoms with Gasteiger partial charge in [0, 0.05) is 17.3 Å². The maximum absolute atomic E-state index is 13.4. The lowest BCUT2D eigenvalue weighted by Gasteiger charge is -2.19. The zero-order valence-electron chi connectivity index (χ0n) is 18.0. The normalized spacial score (nSPS) is 14.1. The number of fused-ring (bicyclic) bond motifs is 1. The molecule has 5 nitrogen and oxygen atoms in total. The summed E-state index contributed by atoms with van der Waals surface area (Å²) in [5.74, 6) is 0.303. The van der Waals surface area contributed by atoms with Gasteiger partial charge in [0.15, 0.2) is 0 Å². The van der Waals surface area contributed by atoms with Gasteiger partial charge in [-0.05, 0) is 61.1 Å². The zero-order valence-corrected chi connectivity index (χ0v) is 18.0. The highest BCUT2D eigenvalue weighted by Gasteiger charge is 2.31.